The first kappa shape index (κ1) is 14.8. The molecule has 0 saturated carbocycles. The van der Waals surface area contributed by atoms with E-state index in [1.165, 1.54) is 18.2 Å². The Labute approximate surface area is 111 Å². The fourth-order valence-electron chi connectivity index (χ4n) is 1.27. The molecular formula is C14H16O5. The molecule has 19 heavy (non-hydrogen) atoms. The summed E-state index contributed by atoms with van der Waals surface area (Å²) in [4.78, 5) is 21.8. The molecule has 0 aromatic heterocycles. The molecule has 0 radical (unpaired) electrons. The summed E-state index contributed by atoms with van der Waals surface area (Å²) in [6.45, 7) is 5.51. The van der Waals surface area contributed by atoms with Crippen LogP contribution in [0.4, 0.5) is 0 Å². The van der Waals surface area contributed by atoms with Gasteiger partial charge in [0.2, 0.25) is 0 Å². The van der Waals surface area contributed by atoms with Gasteiger partial charge in [0.25, 0.3) is 0 Å². The highest BCUT2D eigenvalue weighted by molar-refractivity contribution is 5.86. The minimum Gasteiger partial charge on any atom is -0.508 e. The Morgan fingerprint density at radius 2 is 2.16 bits per heavy atom. The fourth-order valence-corrected chi connectivity index (χ4v) is 1.27. The van der Waals surface area contributed by atoms with Gasteiger partial charge in [-0.15, -0.1) is 0 Å². The van der Waals surface area contributed by atoms with Crippen molar-refractivity contribution in [3.05, 3.63) is 35.9 Å². The van der Waals surface area contributed by atoms with E-state index in [1.54, 1.807) is 6.92 Å². The number of carbonyl (C=O) groups is 2. The molecule has 0 heterocycles. The number of benzene rings is 1. The summed E-state index contributed by atoms with van der Waals surface area (Å²) in [5, 5.41) is 9.29. The molecule has 0 atom stereocenters. The minimum atomic E-state index is -0.439. The van der Waals surface area contributed by atoms with Gasteiger partial charge in [-0.2, -0.15) is 0 Å². The highest BCUT2D eigenvalue weighted by Gasteiger charge is 2.05. The highest BCUT2D eigenvalue weighted by atomic mass is 16.5. The number of phenolic OH excluding ortho intramolecular Hbond substituents is 1. The molecule has 102 valence electrons. The Kier molecular flexibility index (Phi) is 5.60. The number of carbonyl (C=O) groups excluding carboxylic acids is 2. The lowest BCUT2D eigenvalue weighted by Crippen LogP contribution is -2.09. The van der Waals surface area contributed by atoms with Gasteiger partial charge in [0.15, 0.2) is 6.29 Å². The van der Waals surface area contributed by atoms with E-state index in [9.17, 15) is 14.7 Å². The first-order chi connectivity index (χ1) is 9.04. The largest absolute Gasteiger partial charge is 0.508 e. The van der Waals surface area contributed by atoms with Gasteiger partial charge in [0, 0.05) is 18.1 Å². The summed E-state index contributed by atoms with van der Waals surface area (Å²) in [6, 6.07) is 4.24. The molecule has 0 aliphatic rings. The van der Waals surface area contributed by atoms with Crippen LogP contribution in [-0.2, 0) is 9.53 Å². The van der Waals surface area contributed by atoms with Gasteiger partial charge in [-0.25, -0.2) is 4.79 Å². The first-order valence-electron chi connectivity index (χ1n) is 5.78. The van der Waals surface area contributed by atoms with E-state index in [1.807, 2.05) is 0 Å². The lowest BCUT2D eigenvalue weighted by Gasteiger charge is -2.09. The van der Waals surface area contributed by atoms with Gasteiger partial charge in [-0.05, 0) is 19.1 Å². The van der Waals surface area contributed by atoms with Crippen molar-refractivity contribution in [2.45, 2.75) is 13.3 Å². The molecule has 5 nitrogen and oxygen atoms in total. The molecule has 0 aliphatic heterocycles. The molecule has 1 N–H and O–H groups in total. The van der Waals surface area contributed by atoms with Crippen molar-refractivity contribution in [2.75, 3.05) is 13.2 Å². The zero-order chi connectivity index (χ0) is 14.3. The SMILES string of the molecule is C=C(C)C(=O)OCCCOc1cc(O)ccc1C=O. The van der Waals surface area contributed by atoms with Crippen LogP contribution < -0.4 is 4.74 Å². The summed E-state index contributed by atoms with van der Waals surface area (Å²) in [5.41, 5.74) is 0.703. The number of aromatic hydroxyl groups is 1. The van der Waals surface area contributed by atoms with E-state index in [0.717, 1.165) is 0 Å². The molecule has 1 aromatic carbocycles. The predicted molar refractivity (Wildman–Crippen MR) is 69.4 cm³/mol. The van der Waals surface area contributed by atoms with Gasteiger partial charge >= 0.3 is 5.97 Å². The summed E-state index contributed by atoms with van der Waals surface area (Å²) >= 11 is 0. The van der Waals surface area contributed by atoms with Gasteiger partial charge in [0.05, 0.1) is 18.8 Å². The Bertz CT molecular complexity index is 479. The Balaban J connectivity index is 2.37. The molecule has 0 saturated heterocycles. The van der Waals surface area contributed by atoms with Crippen LogP contribution in [0.15, 0.2) is 30.4 Å². The van der Waals surface area contributed by atoms with Crippen molar-refractivity contribution in [1.82, 2.24) is 0 Å². The lowest BCUT2D eigenvalue weighted by molar-refractivity contribution is -0.139. The van der Waals surface area contributed by atoms with Crippen LogP contribution in [0.25, 0.3) is 0 Å². The van der Waals surface area contributed by atoms with Crippen molar-refractivity contribution in [1.29, 1.82) is 0 Å². The Morgan fingerprint density at radius 1 is 1.42 bits per heavy atom. The molecule has 1 aromatic rings. The number of ether oxygens (including phenoxy) is 2. The summed E-state index contributed by atoms with van der Waals surface area (Å²) in [5.74, 6) is -0.110. The molecule has 0 amide bonds. The van der Waals surface area contributed by atoms with E-state index in [0.29, 0.717) is 29.6 Å². The minimum absolute atomic E-state index is 0.0225. The van der Waals surface area contributed by atoms with Crippen LogP contribution >= 0.6 is 0 Å². The van der Waals surface area contributed by atoms with Gasteiger partial charge in [-0.1, -0.05) is 6.58 Å². The van der Waals surface area contributed by atoms with E-state index in [2.05, 4.69) is 6.58 Å². The van der Waals surface area contributed by atoms with Crippen molar-refractivity contribution >= 4 is 12.3 Å². The maximum atomic E-state index is 11.1. The fraction of sp³-hybridized carbons (Fsp3) is 0.286. The molecular weight excluding hydrogens is 248 g/mol. The third-order valence-corrected chi connectivity index (χ3v) is 2.25. The third kappa shape index (κ3) is 4.83. The normalized spacial score (nSPS) is 9.74. The number of hydrogen-bond acceptors (Lipinski definition) is 5. The van der Waals surface area contributed by atoms with E-state index < -0.39 is 5.97 Å². The number of esters is 1. The molecule has 1 rings (SSSR count). The topological polar surface area (TPSA) is 72.8 Å². The number of phenols is 1. The predicted octanol–water partition coefficient (Wildman–Crippen LogP) is 2.09. The second kappa shape index (κ2) is 7.20. The number of rotatable bonds is 7. The van der Waals surface area contributed by atoms with E-state index >= 15 is 0 Å². The van der Waals surface area contributed by atoms with Crippen molar-refractivity contribution in [3.8, 4) is 11.5 Å². The zero-order valence-corrected chi connectivity index (χ0v) is 10.7. The lowest BCUT2D eigenvalue weighted by atomic mass is 10.2. The second-order valence-corrected chi connectivity index (χ2v) is 3.96. The number of hydrogen-bond donors (Lipinski definition) is 1. The van der Waals surface area contributed by atoms with Crippen LogP contribution in [0.5, 0.6) is 11.5 Å². The van der Waals surface area contributed by atoms with Crippen LogP contribution in [0.1, 0.15) is 23.7 Å². The zero-order valence-electron chi connectivity index (χ0n) is 10.7. The first-order valence-corrected chi connectivity index (χ1v) is 5.78. The summed E-state index contributed by atoms with van der Waals surface area (Å²) in [6.07, 6.45) is 1.13. The molecule has 0 fully saturated rings. The van der Waals surface area contributed by atoms with Crippen LogP contribution in [-0.4, -0.2) is 30.6 Å². The van der Waals surface area contributed by atoms with Gasteiger partial charge in [0.1, 0.15) is 11.5 Å². The van der Waals surface area contributed by atoms with Crippen LogP contribution in [0.2, 0.25) is 0 Å². The monoisotopic (exact) mass is 264 g/mol. The maximum Gasteiger partial charge on any atom is 0.333 e. The third-order valence-electron chi connectivity index (χ3n) is 2.25. The van der Waals surface area contributed by atoms with Crippen molar-refractivity contribution in [3.63, 3.8) is 0 Å². The molecule has 0 bridgehead atoms. The van der Waals surface area contributed by atoms with Crippen LogP contribution in [0.3, 0.4) is 0 Å². The molecule has 5 heteroatoms. The molecule has 0 unspecified atom stereocenters. The van der Waals surface area contributed by atoms with Gasteiger partial charge in [-0.3, -0.25) is 4.79 Å². The van der Waals surface area contributed by atoms with Crippen LogP contribution in [0, 0.1) is 0 Å². The Hall–Kier alpha value is -2.30. The molecule has 0 aliphatic carbocycles. The quantitative estimate of drug-likeness (QED) is 0.353. The van der Waals surface area contributed by atoms with Crippen molar-refractivity contribution in [2.24, 2.45) is 0 Å². The molecule has 0 spiro atoms. The highest BCUT2D eigenvalue weighted by Crippen LogP contribution is 2.22. The standard InChI is InChI=1S/C14H16O5/c1-10(2)14(17)19-7-3-6-18-13-8-12(16)5-4-11(13)9-15/h4-5,8-9,16H,1,3,6-7H2,2H3. The van der Waals surface area contributed by atoms with E-state index in [4.69, 9.17) is 9.47 Å². The van der Waals surface area contributed by atoms with Gasteiger partial charge < -0.3 is 14.6 Å². The smallest absolute Gasteiger partial charge is 0.333 e. The maximum absolute atomic E-state index is 11.1. The second-order valence-electron chi connectivity index (χ2n) is 3.96. The Morgan fingerprint density at radius 3 is 2.79 bits per heavy atom. The summed E-state index contributed by atoms with van der Waals surface area (Å²) < 4.78 is 10.2. The van der Waals surface area contributed by atoms with E-state index in [-0.39, 0.29) is 19.0 Å². The van der Waals surface area contributed by atoms with Crippen molar-refractivity contribution < 1.29 is 24.2 Å². The average Bonchev–Trinajstić information content (AvgIpc) is 2.38. The summed E-state index contributed by atoms with van der Waals surface area (Å²) in [7, 11) is 0. The number of aldehydes is 1. The average molecular weight is 264 g/mol.